The Morgan fingerprint density at radius 3 is 2.65 bits per heavy atom. The Morgan fingerprint density at radius 1 is 1.47 bits per heavy atom. The summed E-state index contributed by atoms with van der Waals surface area (Å²) in [5, 5.41) is 11.8. The van der Waals surface area contributed by atoms with Crippen LogP contribution in [0.4, 0.5) is 5.69 Å². The SMILES string of the molecule is CC(C)C(C)N(C)c1cnccc1/C(N)=N/O. The molecule has 3 N–H and O–H groups in total. The van der Waals surface area contributed by atoms with Crippen LogP contribution in [0.5, 0.6) is 0 Å². The minimum atomic E-state index is 0.102. The van der Waals surface area contributed by atoms with Crippen LogP contribution in [0.3, 0.4) is 0 Å². The fraction of sp³-hybridized carbons (Fsp3) is 0.500. The van der Waals surface area contributed by atoms with Crippen molar-refractivity contribution in [2.75, 3.05) is 11.9 Å². The van der Waals surface area contributed by atoms with Gasteiger partial charge in [0.25, 0.3) is 0 Å². The number of nitrogens with zero attached hydrogens (tertiary/aromatic N) is 3. The van der Waals surface area contributed by atoms with E-state index in [2.05, 4.69) is 35.8 Å². The maximum absolute atomic E-state index is 8.77. The van der Waals surface area contributed by atoms with Gasteiger partial charge in [0.1, 0.15) is 0 Å². The van der Waals surface area contributed by atoms with E-state index in [0.29, 0.717) is 17.5 Å². The molecule has 0 spiro atoms. The van der Waals surface area contributed by atoms with Crippen LogP contribution in [-0.2, 0) is 0 Å². The van der Waals surface area contributed by atoms with Crippen LogP contribution >= 0.6 is 0 Å². The summed E-state index contributed by atoms with van der Waals surface area (Å²) < 4.78 is 0. The second kappa shape index (κ2) is 5.52. The Morgan fingerprint density at radius 2 is 2.12 bits per heavy atom. The Bertz CT molecular complexity index is 403. The number of hydrogen-bond acceptors (Lipinski definition) is 4. The van der Waals surface area contributed by atoms with Gasteiger partial charge in [-0.2, -0.15) is 0 Å². The van der Waals surface area contributed by atoms with Gasteiger partial charge in [0.05, 0.1) is 11.9 Å². The topological polar surface area (TPSA) is 74.7 Å². The van der Waals surface area contributed by atoms with Gasteiger partial charge in [0.15, 0.2) is 5.84 Å². The molecule has 1 unspecified atom stereocenters. The van der Waals surface area contributed by atoms with Gasteiger partial charge in [-0.1, -0.05) is 19.0 Å². The third kappa shape index (κ3) is 2.87. The lowest BCUT2D eigenvalue weighted by atomic mass is 10.0. The molecule has 0 aromatic carbocycles. The average Bonchev–Trinajstić information content (AvgIpc) is 2.35. The summed E-state index contributed by atoms with van der Waals surface area (Å²) in [6.45, 7) is 6.44. The zero-order valence-corrected chi connectivity index (χ0v) is 10.8. The predicted molar refractivity (Wildman–Crippen MR) is 69.5 cm³/mol. The molecule has 1 aromatic heterocycles. The normalized spacial score (nSPS) is 13.8. The molecule has 1 aromatic rings. The number of amidine groups is 1. The van der Waals surface area contributed by atoms with Gasteiger partial charge in [0, 0.05) is 24.8 Å². The Balaban J connectivity index is 3.13. The maximum Gasteiger partial charge on any atom is 0.172 e. The van der Waals surface area contributed by atoms with E-state index in [0.717, 1.165) is 5.69 Å². The second-order valence-corrected chi connectivity index (χ2v) is 4.47. The van der Waals surface area contributed by atoms with Gasteiger partial charge >= 0.3 is 0 Å². The zero-order valence-electron chi connectivity index (χ0n) is 10.8. The third-order valence-electron chi connectivity index (χ3n) is 3.14. The van der Waals surface area contributed by atoms with Crippen LogP contribution in [0.2, 0.25) is 0 Å². The molecular formula is C12H20N4O. The highest BCUT2D eigenvalue weighted by Gasteiger charge is 2.18. The highest BCUT2D eigenvalue weighted by molar-refractivity contribution is 6.02. The van der Waals surface area contributed by atoms with Crippen molar-refractivity contribution in [3.05, 3.63) is 24.0 Å². The van der Waals surface area contributed by atoms with Crippen molar-refractivity contribution in [1.29, 1.82) is 0 Å². The molecule has 17 heavy (non-hydrogen) atoms. The summed E-state index contributed by atoms with van der Waals surface area (Å²) in [5.74, 6) is 0.602. The first-order valence-corrected chi connectivity index (χ1v) is 5.63. The molecule has 1 rings (SSSR count). The van der Waals surface area contributed by atoms with Crippen molar-refractivity contribution in [2.45, 2.75) is 26.8 Å². The van der Waals surface area contributed by atoms with Gasteiger partial charge in [-0.3, -0.25) is 4.98 Å². The molecule has 0 aliphatic rings. The fourth-order valence-electron chi connectivity index (χ4n) is 1.60. The van der Waals surface area contributed by atoms with Crippen LogP contribution in [0.15, 0.2) is 23.6 Å². The first kappa shape index (κ1) is 13.3. The minimum Gasteiger partial charge on any atom is -0.409 e. The predicted octanol–water partition coefficient (Wildman–Crippen LogP) is 1.66. The molecule has 1 heterocycles. The van der Waals surface area contributed by atoms with E-state index in [-0.39, 0.29) is 5.84 Å². The summed E-state index contributed by atoms with van der Waals surface area (Å²) in [4.78, 5) is 6.18. The number of oxime groups is 1. The Kier molecular flexibility index (Phi) is 4.31. The summed E-state index contributed by atoms with van der Waals surface area (Å²) in [6.07, 6.45) is 3.36. The fourth-order valence-corrected chi connectivity index (χ4v) is 1.60. The first-order chi connectivity index (χ1) is 7.99. The van der Waals surface area contributed by atoms with Crippen molar-refractivity contribution in [3.63, 3.8) is 0 Å². The molecule has 94 valence electrons. The van der Waals surface area contributed by atoms with Crippen molar-refractivity contribution >= 4 is 11.5 Å². The van der Waals surface area contributed by atoms with Crippen LogP contribution in [-0.4, -0.2) is 29.1 Å². The lowest BCUT2D eigenvalue weighted by Gasteiger charge is -2.31. The summed E-state index contributed by atoms with van der Waals surface area (Å²) in [7, 11) is 1.98. The third-order valence-corrected chi connectivity index (χ3v) is 3.14. The number of aromatic nitrogens is 1. The standard InChI is InChI=1S/C12H20N4O/c1-8(2)9(3)16(4)11-7-14-6-5-10(11)12(13)15-17/h5-9,17H,1-4H3,(H2,13,15). The summed E-state index contributed by atoms with van der Waals surface area (Å²) in [6, 6.07) is 2.08. The van der Waals surface area contributed by atoms with Gasteiger partial charge in [-0.15, -0.1) is 0 Å². The van der Waals surface area contributed by atoms with E-state index in [4.69, 9.17) is 10.9 Å². The van der Waals surface area contributed by atoms with Gasteiger partial charge in [-0.25, -0.2) is 0 Å². The number of rotatable bonds is 4. The molecule has 5 heteroatoms. The van der Waals surface area contributed by atoms with E-state index < -0.39 is 0 Å². The smallest absolute Gasteiger partial charge is 0.172 e. The molecule has 0 aliphatic carbocycles. The lowest BCUT2D eigenvalue weighted by Crippen LogP contribution is -2.34. The largest absolute Gasteiger partial charge is 0.409 e. The number of nitrogens with two attached hydrogens (primary N) is 1. The summed E-state index contributed by atoms with van der Waals surface area (Å²) >= 11 is 0. The number of pyridine rings is 1. The molecular weight excluding hydrogens is 216 g/mol. The van der Waals surface area contributed by atoms with Crippen molar-refractivity contribution in [3.8, 4) is 0 Å². The molecule has 0 amide bonds. The maximum atomic E-state index is 8.77. The molecule has 0 aliphatic heterocycles. The second-order valence-electron chi connectivity index (χ2n) is 4.47. The minimum absolute atomic E-state index is 0.102. The molecule has 1 atom stereocenters. The van der Waals surface area contributed by atoms with Gasteiger partial charge < -0.3 is 15.8 Å². The van der Waals surface area contributed by atoms with Crippen LogP contribution in [0.25, 0.3) is 0 Å². The highest BCUT2D eigenvalue weighted by atomic mass is 16.4. The Hall–Kier alpha value is -1.78. The van der Waals surface area contributed by atoms with Crippen molar-refractivity contribution in [2.24, 2.45) is 16.8 Å². The molecule has 0 fully saturated rings. The first-order valence-electron chi connectivity index (χ1n) is 5.63. The van der Waals surface area contributed by atoms with Crippen LogP contribution < -0.4 is 10.6 Å². The van der Waals surface area contributed by atoms with Gasteiger partial charge in [0.2, 0.25) is 0 Å². The quantitative estimate of drug-likeness (QED) is 0.361. The molecule has 0 saturated heterocycles. The monoisotopic (exact) mass is 236 g/mol. The van der Waals surface area contributed by atoms with E-state index in [1.165, 1.54) is 0 Å². The van der Waals surface area contributed by atoms with Crippen LogP contribution in [0, 0.1) is 5.92 Å². The van der Waals surface area contributed by atoms with Gasteiger partial charge in [-0.05, 0) is 18.9 Å². The summed E-state index contributed by atoms with van der Waals surface area (Å²) in [5.41, 5.74) is 7.21. The van der Waals surface area contributed by atoms with E-state index in [1.54, 1.807) is 18.5 Å². The lowest BCUT2D eigenvalue weighted by molar-refractivity contribution is 0.318. The zero-order chi connectivity index (χ0) is 13.0. The van der Waals surface area contributed by atoms with E-state index >= 15 is 0 Å². The van der Waals surface area contributed by atoms with Crippen LogP contribution in [0.1, 0.15) is 26.3 Å². The molecule has 0 radical (unpaired) electrons. The van der Waals surface area contributed by atoms with Crippen molar-refractivity contribution in [1.82, 2.24) is 4.98 Å². The highest BCUT2D eigenvalue weighted by Crippen LogP contribution is 2.22. The Labute approximate surface area is 102 Å². The number of hydrogen-bond donors (Lipinski definition) is 2. The van der Waals surface area contributed by atoms with Crippen molar-refractivity contribution < 1.29 is 5.21 Å². The molecule has 0 saturated carbocycles. The number of anilines is 1. The van der Waals surface area contributed by atoms with E-state index in [9.17, 15) is 0 Å². The molecule has 0 bridgehead atoms. The average molecular weight is 236 g/mol. The molecule has 5 nitrogen and oxygen atoms in total. The van der Waals surface area contributed by atoms with E-state index in [1.807, 2.05) is 7.05 Å².